The Hall–Kier alpha value is -2.01. The summed E-state index contributed by atoms with van der Waals surface area (Å²) in [6.45, 7) is 16.9. The van der Waals surface area contributed by atoms with Crippen molar-refractivity contribution in [3.05, 3.63) is 0 Å². The fraction of sp³-hybridized carbons (Fsp3) is 0.871. The molecule has 4 N–H and O–H groups in total. The van der Waals surface area contributed by atoms with Crippen molar-refractivity contribution in [3.8, 4) is 0 Å². The average Bonchev–Trinajstić information content (AvgIpc) is 3.30. The zero-order valence-corrected chi connectivity index (χ0v) is 28.0. The molecule has 42 heavy (non-hydrogen) atoms. The molecule has 1 saturated heterocycles. The summed E-state index contributed by atoms with van der Waals surface area (Å²) < 4.78 is 10.8. The Morgan fingerprint density at radius 2 is 1.57 bits per heavy atom. The van der Waals surface area contributed by atoms with Gasteiger partial charge < -0.3 is 30.7 Å². The van der Waals surface area contributed by atoms with E-state index in [1.807, 2.05) is 40.9 Å². The van der Waals surface area contributed by atoms with Crippen LogP contribution in [-0.2, 0) is 23.9 Å². The Balaban J connectivity index is 2.07. The fourth-order valence-electron chi connectivity index (χ4n) is 5.66. The average molecular weight is 613 g/mol. The first-order valence-corrected chi connectivity index (χ1v) is 17.0. The van der Waals surface area contributed by atoms with Gasteiger partial charge in [0.1, 0.15) is 17.7 Å². The Bertz CT molecular complexity index is 910. The SMILES string of the molecule is CSC[C@H]1CC1(NC(=O)O[C@H]1CCOC1)C(=O)N[C@@H](CC(C)C)[C@@H](C)C[C@@H](C)C(=O)N[C@@H](CC(C)C)C(=O)NC(C)C. The fourth-order valence-corrected chi connectivity index (χ4v) is 6.46. The van der Waals surface area contributed by atoms with Crippen LogP contribution in [0, 0.1) is 29.6 Å². The summed E-state index contributed by atoms with van der Waals surface area (Å²) in [5.74, 6) is 0.441. The highest BCUT2D eigenvalue weighted by Gasteiger charge is 2.61. The minimum absolute atomic E-state index is 0.0115. The van der Waals surface area contributed by atoms with Crippen molar-refractivity contribution >= 4 is 35.6 Å². The van der Waals surface area contributed by atoms with E-state index in [0.717, 1.165) is 12.2 Å². The lowest BCUT2D eigenvalue weighted by atomic mass is 9.86. The van der Waals surface area contributed by atoms with E-state index in [2.05, 4.69) is 42.0 Å². The first-order valence-electron chi connectivity index (χ1n) is 15.7. The Morgan fingerprint density at radius 1 is 0.905 bits per heavy atom. The second-order valence-electron chi connectivity index (χ2n) is 13.5. The van der Waals surface area contributed by atoms with Crippen LogP contribution in [0.2, 0.25) is 0 Å². The maximum atomic E-state index is 13.8. The first kappa shape index (κ1) is 36.2. The number of thioether (sulfide) groups is 1. The molecule has 0 aromatic carbocycles. The Labute approximate surface area is 257 Å². The van der Waals surface area contributed by atoms with Crippen LogP contribution in [0.1, 0.15) is 87.5 Å². The quantitative estimate of drug-likeness (QED) is 0.196. The van der Waals surface area contributed by atoms with Crippen LogP contribution in [0.5, 0.6) is 0 Å². The summed E-state index contributed by atoms with van der Waals surface area (Å²) in [6.07, 6.45) is 4.17. The molecule has 242 valence electrons. The number of hydrogen-bond donors (Lipinski definition) is 4. The molecule has 0 aromatic heterocycles. The molecule has 1 saturated carbocycles. The summed E-state index contributed by atoms with van der Waals surface area (Å²) in [7, 11) is 0. The molecule has 0 radical (unpaired) electrons. The topological polar surface area (TPSA) is 135 Å². The van der Waals surface area contributed by atoms with Gasteiger partial charge >= 0.3 is 6.09 Å². The van der Waals surface area contributed by atoms with Crippen LogP contribution in [-0.4, -0.2) is 78.8 Å². The van der Waals surface area contributed by atoms with Crippen LogP contribution >= 0.6 is 11.8 Å². The molecule has 11 heteroatoms. The number of carbonyl (C=O) groups is 4. The van der Waals surface area contributed by atoms with Gasteiger partial charge in [0.25, 0.3) is 0 Å². The molecule has 2 fully saturated rings. The third kappa shape index (κ3) is 11.2. The van der Waals surface area contributed by atoms with E-state index in [-0.39, 0.29) is 59.6 Å². The van der Waals surface area contributed by atoms with E-state index in [0.29, 0.717) is 44.8 Å². The second-order valence-corrected chi connectivity index (χ2v) is 14.4. The van der Waals surface area contributed by atoms with Crippen LogP contribution in [0.25, 0.3) is 0 Å². The van der Waals surface area contributed by atoms with E-state index in [1.54, 1.807) is 11.8 Å². The predicted molar refractivity (Wildman–Crippen MR) is 167 cm³/mol. The van der Waals surface area contributed by atoms with Crippen molar-refractivity contribution in [2.75, 3.05) is 25.2 Å². The molecule has 4 amide bonds. The van der Waals surface area contributed by atoms with E-state index in [1.165, 1.54) is 0 Å². The zero-order chi connectivity index (χ0) is 31.6. The molecular formula is C31H56N4O6S. The van der Waals surface area contributed by atoms with Gasteiger partial charge in [0.2, 0.25) is 17.7 Å². The minimum Gasteiger partial charge on any atom is -0.444 e. The molecule has 1 aliphatic carbocycles. The number of rotatable bonds is 17. The molecular weight excluding hydrogens is 556 g/mol. The maximum absolute atomic E-state index is 13.8. The third-order valence-electron chi connectivity index (χ3n) is 8.04. The van der Waals surface area contributed by atoms with Gasteiger partial charge in [-0.1, -0.05) is 41.5 Å². The minimum atomic E-state index is -0.995. The van der Waals surface area contributed by atoms with Gasteiger partial charge in [-0.2, -0.15) is 11.8 Å². The lowest BCUT2D eigenvalue weighted by Crippen LogP contribution is -2.55. The van der Waals surface area contributed by atoms with Gasteiger partial charge in [-0.05, 0) is 69.3 Å². The van der Waals surface area contributed by atoms with Crippen molar-refractivity contribution < 1.29 is 28.7 Å². The predicted octanol–water partition coefficient (Wildman–Crippen LogP) is 3.87. The largest absolute Gasteiger partial charge is 0.444 e. The zero-order valence-electron chi connectivity index (χ0n) is 27.2. The van der Waals surface area contributed by atoms with E-state index < -0.39 is 17.7 Å². The number of nitrogens with one attached hydrogen (secondary N) is 4. The number of ether oxygens (including phenoxy) is 2. The van der Waals surface area contributed by atoms with Gasteiger partial charge in [-0.25, -0.2) is 4.79 Å². The highest BCUT2D eigenvalue weighted by atomic mass is 32.2. The van der Waals surface area contributed by atoms with Crippen LogP contribution < -0.4 is 21.3 Å². The summed E-state index contributed by atoms with van der Waals surface area (Å²) >= 11 is 1.65. The molecule has 1 aliphatic heterocycles. The molecule has 2 aliphatic rings. The van der Waals surface area contributed by atoms with Crippen molar-refractivity contribution in [3.63, 3.8) is 0 Å². The van der Waals surface area contributed by atoms with Gasteiger partial charge in [-0.15, -0.1) is 0 Å². The Morgan fingerprint density at radius 3 is 2.12 bits per heavy atom. The molecule has 0 bridgehead atoms. The van der Waals surface area contributed by atoms with Crippen LogP contribution in [0.4, 0.5) is 4.79 Å². The van der Waals surface area contributed by atoms with E-state index in [4.69, 9.17) is 9.47 Å². The summed E-state index contributed by atoms with van der Waals surface area (Å²) in [4.78, 5) is 52.5. The Kier molecular flexibility index (Phi) is 14.4. The third-order valence-corrected chi connectivity index (χ3v) is 8.77. The lowest BCUT2D eigenvalue weighted by Gasteiger charge is -2.31. The lowest BCUT2D eigenvalue weighted by molar-refractivity contribution is -0.131. The molecule has 0 aromatic rings. The first-order chi connectivity index (χ1) is 19.7. The highest BCUT2D eigenvalue weighted by molar-refractivity contribution is 7.98. The highest BCUT2D eigenvalue weighted by Crippen LogP contribution is 2.46. The van der Waals surface area contributed by atoms with E-state index >= 15 is 0 Å². The number of hydrogen-bond acceptors (Lipinski definition) is 7. The van der Waals surface area contributed by atoms with E-state index in [9.17, 15) is 19.2 Å². The van der Waals surface area contributed by atoms with Crippen LogP contribution in [0.15, 0.2) is 0 Å². The molecule has 1 heterocycles. The van der Waals surface area contributed by atoms with Crippen LogP contribution in [0.3, 0.4) is 0 Å². The van der Waals surface area contributed by atoms with Crippen molar-refractivity contribution in [1.29, 1.82) is 0 Å². The van der Waals surface area contributed by atoms with Crippen molar-refractivity contribution in [2.45, 2.75) is 117 Å². The molecule has 10 nitrogen and oxygen atoms in total. The molecule has 2 rings (SSSR count). The number of alkyl carbamates (subject to hydrolysis) is 1. The van der Waals surface area contributed by atoms with Gasteiger partial charge in [0.05, 0.1) is 13.2 Å². The van der Waals surface area contributed by atoms with Gasteiger partial charge in [0.15, 0.2) is 0 Å². The number of carbonyl (C=O) groups excluding carboxylic acids is 4. The standard InChI is InChI=1S/C31H56N4O6S/c1-18(2)12-25(21(7)14-22(8)27(36)33-26(13-19(3)4)28(37)32-20(5)6)34-29(38)31(15-23(31)17-42-9)35-30(39)41-24-10-11-40-16-24/h18-26H,10-17H2,1-9H3,(H,32,37)(H,33,36)(H,34,38)(H,35,39)/t21-,22+,23+,24-,25-,26-,31?/m0/s1. The normalized spacial score (nSPS) is 24.6. The van der Waals surface area contributed by atoms with Gasteiger partial charge in [0, 0.05) is 30.3 Å². The summed E-state index contributed by atoms with van der Waals surface area (Å²) in [6, 6.07) is -0.786. The smallest absolute Gasteiger partial charge is 0.408 e. The van der Waals surface area contributed by atoms with Crippen molar-refractivity contribution in [2.24, 2.45) is 29.6 Å². The number of amides is 4. The molecule has 7 atom stereocenters. The summed E-state index contributed by atoms with van der Waals surface area (Å²) in [5, 5.41) is 12.0. The second kappa shape index (κ2) is 16.7. The summed E-state index contributed by atoms with van der Waals surface area (Å²) in [5.41, 5.74) is -0.995. The van der Waals surface area contributed by atoms with Crippen molar-refractivity contribution in [1.82, 2.24) is 21.3 Å². The monoisotopic (exact) mass is 612 g/mol. The maximum Gasteiger partial charge on any atom is 0.408 e. The molecule has 1 unspecified atom stereocenters. The van der Waals surface area contributed by atoms with Gasteiger partial charge in [-0.3, -0.25) is 14.4 Å². The molecule has 0 spiro atoms.